The molecule has 0 aliphatic rings. The molecule has 4 aromatic rings. The lowest BCUT2D eigenvalue weighted by atomic mass is 10.0. The third-order valence-electron chi connectivity index (χ3n) is 4.33. The summed E-state index contributed by atoms with van der Waals surface area (Å²) in [6.45, 7) is 4.50. The average Bonchev–Trinajstić information content (AvgIpc) is 2.89. The molecule has 0 aliphatic heterocycles. The molecule has 22 heavy (non-hydrogen) atoms. The zero-order valence-corrected chi connectivity index (χ0v) is 13.0. The summed E-state index contributed by atoms with van der Waals surface area (Å²) in [7, 11) is 0. The van der Waals surface area contributed by atoms with Crippen molar-refractivity contribution in [3.8, 4) is 11.1 Å². The molecule has 0 N–H and O–H groups in total. The van der Waals surface area contributed by atoms with Gasteiger partial charge in [0.25, 0.3) is 0 Å². The highest BCUT2D eigenvalue weighted by Gasteiger charge is 2.13. The summed E-state index contributed by atoms with van der Waals surface area (Å²) in [6.07, 6.45) is 0. The zero-order valence-electron chi connectivity index (χ0n) is 13.0. The molecular formula is C21H19N. The third kappa shape index (κ3) is 1.93. The van der Waals surface area contributed by atoms with E-state index in [0.717, 1.165) is 0 Å². The van der Waals surface area contributed by atoms with Crippen molar-refractivity contribution in [2.75, 3.05) is 0 Å². The van der Waals surface area contributed by atoms with Crippen LogP contribution < -0.4 is 0 Å². The fraction of sp³-hybridized carbons (Fsp3) is 0.143. The summed E-state index contributed by atoms with van der Waals surface area (Å²) in [6, 6.07) is 26.5. The second-order valence-corrected chi connectivity index (χ2v) is 6.08. The number of hydrogen-bond acceptors (Lipinski definition) is 0. The molecule has 0 saturated carbocycles. The van der Waals surface area contributed by atoms with Crippen LogP contribution in [0.25, 0.3) is 32.9 Å². The second-order valence-electron chi connectivity index (χ2n) is 6.08. The van der Waals surface area contributed by atoms with E-state index in [1.807, 2.05) is 0 Å². The van der Waals surface area contributed by atoms with Crippen molar-refractivity contribution in [2.24, 2.45) is 0 Å². The summed E-state index contributed by atoms with van der Waals surface area (Å²) < 4.78 is 2.44. The van der Waals surface area contributed by atoms with Crippen LogP contribution in [0.15, 0.2) is 72.8 Å². The van der Waals surface area contributed by atoms with Gasteiger partial charge in [0.1, 0.15) is 0 Å². The van der Waals surface area contributed by atoms with Crippen molar-refractivity contribution in [1.29, 1.82) is 0 Å². The van der Waals surface area contributed by atoms with Crippen LogP contribution in [0.2, 0.25) is 0 Å². The number of rotatable bonds is 2. The Labute approximate surface area is 130 Å². The van der Waals surface area contributed by atoms with Crippen LogP contribution in [0.3, 0.4) is 0 Å². The van der Waals surface area contributed by atoms with E-state index in [1.54, 1.807) is 0 Å². The van der Waals surface area contributed by atoms with Gasteiger partial charge >= 0.3 is 0 Å². The second kappa shape index (κ2) is 5.03. The van der Waals surface area contributed by atoms with Gasteiger partial charge in [-0.15, -0.1) is 0 Å². The minimum absolute atomic E-state index is 0.438. The number of para-hydroxylation sites is 1. The van der Waals surface area contributed by atoms with E-state index >= 15 is 0 Å². The van der Waals surface area contributed by atoms with Gasteiger partial charge in [-0.05, 0) is 37.1 Å². The van der Waals surface area contributed by atoms with Crippen molar-refractivity contribution in [3.63, 3.8) is 0 Å². The summed E-state index contributed by atoms with van der Waals surface area (Å²) in [4.78, 5) is 0. The Bertz CT molecular complexity index is 946. The standard InChI is InChI=1S/C21H19N/c1-15(2)22-20-11-7-6-10-18(20)19-13-12-17(14-21(19)22)16-8-4-3-5-9-16/h3-15H,1-2H3. The summed E-state index contributed by atoms with van der Waals surface area (Å²) >= 11 is 0. The predicted molar refractivity (Wildman–Crippen MR) is 95.3 cm³/mol. The van der Waals surface area contributed by atoms with Gasteiger partial charge < -0.3 is 4.57 Å². The third-order valence-corrected chi connectivity index (χ3v) is 4.33. The molecule has 0 atom stereocenters. The highest BCUT2D eigenvalue weighted by atomic mass is 15.0. The van der Waals surface area contributed by atoms with Gasteiger partial charge in [0, 0.05) is 27.8 Å². The van der Waals surface area contributed by atoms with Crippen LogP contribution in [0.4, 0.5) is 0 Å². The maximum Gasteiger partial charge on any atom is 0.0500 e. The molecule has 1 heteroatoms. The van der Waals surface area contributed by atoms with Crippen molar-refractivity contribution in [2.45, 2.75) is 19.9 Å². The van der Waals surface area contributed by atoms with Gasteiger partial charge in [-0.3, -0.25) is 0 Å². The van der Waals surface area contributed by atoms with Crippen LogP contribution in [0, 0.1) is 0 Å². The minimum atomic E-state index is 0.438. The Hall–Kier alpha value is -2.54. The number of aromatic nitrogens is 1. The first kappa shape index (κ1) is 13.1. The molecule has 3 aromatic carbocycles. The molecular weight excluding hydrogens is 266 g/mol. The van der Waals surface area contributed by atoms with E-state index in [1.165, 1.54) is 32.9 Å². The Morgan fingerprint density at radius 3 is 2.09 bits per heavy atom. The molecule has 1 aromatic heterocycles. The Morgan fingerprint density at radius 2 is 1.32 bits per heavy atom. The molecule has 0 bridgehead atoms. The van der Waals surface area contributed by atoms with Crippen molar-refractivity contribution in [3.05, 3.63) is 72.8 Å². The molecule has 4 rings (SSSR count). The highest BCUT2D eigenvalue weighted by Crippen LogP contribution is 2.34. The largest absolute Gasteiger partial charge is 0.338 e. The topological polar surface area (TPSA) is 4.93 Å². The fourth-order valence-electron chi connectivity index (χ4n) is 3.37. The minimum Gasteiger partial charge on any atom is -0.338 e. The lowest BCUT2D eigenvalue weighted by Crippen LogP contribution is -1.99. The van der Waals surface area contributed by atoms with E-state index in [0.29, 0.717) is 6.04 Å². The Kier molecular flexibility index (Phi) is 3.00. The SMILES string of the molecule is CC(C)n1c2ccccc2c2ccc(-c3ccccc3)cc21. The summed E-state index contributed by atoms with van der Waals surface area (Å²) in [5, 5.41) is 2.68. The first-order chi connectivity index (χ1) is 10.8. The highest BCUT2D eigenvalue weighted by molar-refractivity contribution is 6.09. The van der Waals surface area contributed by atoms with Crippen molar-refractivity contribution >= 4 is 21.8 Å². The fourth-order valence-corrected chi connectivity index (χ4v) is 3.37. The molecule has 0 fully saturated rings. The number of nitrogens with zero attached hydrogens (tertiary/aromatic N) is 1. The van der Waals surface area contributed by atoms with Gasteiger partial charge in [0.05, 0.1) is 0 Å². The first-order valence-electron chi connectivity index (χ1n) is 7.84. The van der Waals surface area contributed by atoms with E-state index in [-0.39, 0.29) is 0 Å². The zero-order chi connectivity index (χ0) is 15.1. The lowest BCUT2D eigenvalue weighted by molar-refractivity contribution is 0.642. The molecule has 0 aliphatic carbocycles. The molecule has 0 spiro atoms. The summed E-state index contributed by atoms with van der Waals surface area (Å²) in [5.41, 5.74) is 5.18. The number of benzene rings is 3. The number of fused-ring (bicyclic) bond motifs is 3. The van der Waals surface area contributed by atoms with Crippen molar-refractivity contribution in [1.82, 2.24) is 4.57 Å². The van der Waals surface area contributed by atoms with Crippen LogP contribution in [0.1, 0.15) is 19.9 Å². The Morgan fingerprint density at radius 1 is 0.636 bits per heavy atom. The van der Waals surface area contributed by atoms with Gasteiger partial charge in [-0.2, -0.15) is 0 Å². The molecule has 1 heterocycles. The van der Waals surface area contributed by atoms with Gasteiger partial charge in [-0.25, -0.2) is 0 Å². The molecule has 0 amide bonds. The van der Waals surface area contributed by atoms with Crippen LogP contribution in [-0.4, -0.2) is 4.57 Å². The maximum absolute atomic E-state index is 2.44. The monoisotopic (exact) mass is 285 g/mol. The summed E-state index contributed by atoms with van der Waals surface area (Å²) in [5.74, 6) is 0. The first-order valence-corrected chi connectivity index (χ1v) is 7.84. The Balaban J connectivity index is 2.07. The van der Waals surface area contributed by atoms with Crippen LogP contribution >= 0.6 is 0 Å². The molecule has 1 nitrogen and oxygen atoms in total. The predicted octanol–water partition coefficient (Wildman–Crippen LogP) is 6.04. The van der Waals surface area contributed by atoms with Gasteiger partial charge in [0.2, 0.25) is 0 Å². The molecule has 0 saturated heterocycles. The molecule has 0 radical (unpaired) electrons. The van der Waals surface area contributed by atoms with Crippen LogP contribution in [0.5, 0.6) is 0 Å². The quantitative estimate of drug-likeness (QED) is 0.423. The van der Waals surface area contributed by atoms with Gasteiger partial charge in [-0.1, -0.05) is 60.7 Å². The smallest absolute Gasteiger partial charge is 0.0500 e. The molecule has 108 valence electrons. The molecule has 0 unspecified atom stereocenters. The van der Waals surface area contributed by atoms with Crippen LogP contribution in [-0.2, 0) is 0 Å². The lowest BCUT2D eigenvalue weighted by Gasteiger charge is -2.12. The van der Waals surface area contributed by atoms with E-state index in [9.17, 15) is 0 Å². The van der Waals surface area contributed by atoms with E-state index in [2.05, 4.69) is 91.2 Å². The average molecular weight is 285 g/mol. The van der Waals surface area contributed by atoms with Crippen molar-refractivity contribution < 1.29 is 0 Å². The normalized spacial score (nSPS) is 11.6. The van der Waals surface area contributed by atoms with E-state index < -0.39 is 0 Å². The van der Waals surface area contributed by atoms with Gasteiger partial charge in [0.15, 0.2) is 0 Å². The van der Waals surface area contributed by atoms with E-state index in [4.69, 9.17) is 0 Å². The maximum atomic E-state index is 2.44. The number of hydrogen-bond donors (Lipinski definition) is 0.